The number of carbonyl (C=O) groups excluding carboxylic acids is 1. The first kappa shape index (κ1) is 22.6. The minimum atomic E-state index is -3.61. The van der Waals surface area contributed by atoms with E-state index in [-0.39, 0.29) is 11.5 Å². The van der Waals surface area contributed by atoms with Gasteiger partial charge in [0.05, 0.1) is 25.5 Å². The molecule has 0 spiro atoms. The number of rotatable bonds is 4. The maximum absolute atomic E-state index is 12.3. The van der Waals surface area contributed by atoms with E-state index >= 15 is 0 Å². The number of hydrogen-bond donors (Lipinski definition) is 2. The van der Waals surface area contributed by atoms with Crippen molar-refractivity contribution in [1.29, 1.82) is 0 Å². The van der Waals surface area contributed by atoms with E-state index in [4.69, 9.17) is 4.74 Å². The summed E-state index contributed by atoms with van der Waals surface area (Å²) in [4.78, 5) is 14.7. The molecule has 0 radical (unpaired) electrons. The van der Waals surface area contributed by atoms with Crippen molar-refractivity contribution >= 4 is 27.3 Å². The summed E-state index contributed by atoms with van der Waals surface area (Å²) in [6, 6.07) is 12.2. The maximum atomic E-state index is 12.3. The van der Waals surface area contributed by atoms with Crippen LogP contribution in [0.15, 0.2) is 36.4 Å². The molecule has 4 rings (SSSR count). The van der Waals surface area contributed by atoms with E-state index < -0.39 is 15.9 Å². The Kier molecular flexibility index (Phi) is 5.94. The second-order valence-electron chi connectivity index (χ2n) is 9.52. The van der Waals surface area contributed by atoms with Crippen LogP contribution in [0.2, 0.25) is 0 Å². The number of hydrogen-bond acceptors (Lipinski definition) is 6. The van der Waals surface area contributed by atoms with Crippen molar-refractivity contribution in [2.75, 3.05) is 42.8 Å². The summed E-state index contributed by atoms with van der Waals surface area (Å²) in [5.74, 6) is -0.607. The lowest BCUT2D eigenvalue weighted by Gasteiger charge is -2.42. The number of carbonyl (C=O) groups is 1. The molecule has 2 aromatic rings. The molecule has 172 valence electrons. The highest BCUT2D eigenvalue weighted by Gasteiger charge is 2.36. The molecule has 0 aromatic heterocycles. The Hall–Kier alpha value is -2.58. The van der Waals surface area contributed by atoms with Crippen LogP contribution in [0.1, 0.15) is 46.9 Å². The molecule has 2 heterocycles. The largest absolute Gasteiger partial charge is 0.378 e. The quantitative estimate of drug-likeness (QED) is 0.733. The van der Waals surface area contributed by atoms with E-state index in [2.05, 4.69) is 49.2 Å². The zero-order valence-electron chi connectivity index (χ0n) is 19.1. The Balaban J connectivity index is 1.63. The van der Waals surface area contributed by atoms with Crippen molar-refractivity contribution in [3.63, 3.8) is 0 Å². The number of morpholine rings is 1. The molecule has 1 atom stereocenters. The fourth-order valence-electron chi connectivity index (χ4n) is 4.69. The van der Waals surface area contributed by atoms with Gasteiger partial charge in [0, 0.05) is 30.0 Å². The lowest BCUT2D eigenvalue weighted by atomic mass is 9.72. The molecule has 7 nitrogen and oxygen atoms in total. The predicted molar refractivity (Wildman–Crippen MR) is 127 cm³/mol. The summed E-state index contributed by atoms with van der Waals surface area (Å²) in [5.41, 5.74) is 5.89. The van der Waals surface area contributed by atoms with Gasteiger partial charge in [-0.05, 0) is 65.8 Å². The van der Waals surface area contributed by atoms with Crippen molar-refractivity contribution in [1.82, 2.24) is 4.72 Å². The molecule has 0 bridgehead atoms. The second-order valence-corrected chi connectivity index (χ2v) is 11.3. The Bertz CT molecular complexity index is 1140. The first-order chi connectivity index (χ1) is 15.0. The number of fused-ring (bicyclic) bond motifs is 1. The van der Waals surface area contributed by atoms with Crippen LogP contribution in [-0.2, 0) is 21.2 Å². The van der Waals surface area contributed by atoms with Crippen LogP contribution in [0.4, 0.5) is 11.4 Å². The van der Waals surface area contributed by atoms with Crippen LogP contribution in [0.25, 0.3) is 0 Å². The molecule has 2 N–H and O–H groups in total. The molecular formula is C24H31N3O4S. The molecular weight excluding hydrogens is 426 g/mol. The van der Waals surface area contributed by atoms with Crippen molar-refractivity contribution in [3.8, 4) is 0 Å². The van der Waals surface area contributed by atoms with Crippen LogP contribution in [0, 0.1) is 12.3 Å². The topological polar surface area (TPSA) is 87.7 Å². The van der Waals surface area contributed by atoms with Crippen LogP contribution in [0.3, 0.4) is 0 Å². The smallest absolute Gasteiger partial charge is 0.264 e. The van der Waals surface area contributed by atoms with Gasteiger partial charge in [-0.15, -0.1) is 0 Å². The third-order valence-corrected chi connectivity index (χ3v) is 6.72. The average Bonchev–Trinajstić information content (AvgIpc) is 2.71. The number of ether oxygens (including phenoxy) is 1. The van der Waals surface area contributed by atoms with Crippen molar-refractivity contribution in [3.05, 3.63) is 58.7 Å². The number of nitrogens with zero attached hydrogens (tertiary/aromatic N) is 1. The standard InChI is InChI=1S/C24H31N3O4S/c1-16-11-18(14-20(12-16)27-7-9-31-10-8-27)22-24(2,3)15-19-13-17(5-6-21(19)25-22)23(28)26-32(4,29)30/h5-6,11-14,22,25H,7-10,15H2,1-4H3,(H,26,28). The van der Waals surface area contributed by atoms with Gasteiger partial charge in [0.2, 0.25) is 10.0 Å². The van der Waals surface area contributed by atoms with Gasteiger partial charge in [-0.3, -0.25) is 4.79 Å². The minimum Gasteiger partial charge on any atom is -0.378 e. The second kappa shape index (κ2) is 8.41. The number of anilines is 2. The molecule has 2 aliphatic rings. The molecule has 1 fully saturated rings. The van der Waals surface area contributed by atoms with Gasteiger partial charge < -0.3 is 15.0 Å². The summed E-state index contributed by atoms with van der Waals surface area (Å²) in [6.45, 7) is 9.85. The van der Waals surface area contributed by atoms with E-state index in [0.717, 1.165) is 50.2 Å². The Labute approximate surface area is 190 Å². The third-order valence-electron chi connectivity index (χ3n) is 6.17. The predicted octanol–water partition coefficient (Wildman–Crippen LogP) is 3.26. The lowest BCUT2D eigenvalue weighted by Crippen LogP contribution is -2.37. The summed E-state index contributed by atoms with van der Waals surface area (Å²) < 4.78 is 30.4. The average molecular weight is 458 g/mol. The van der Waals surface area contributed by atoms with Crippen molar-refractivity contribution in [2.45, 2.75) is 33.2 Å². The minimum absolute atomic E-state index is 0.102. The first-order valence-electron chi connectivity index (χ1n) is 10.9. The molecule has 8 heteroatoms. The highest BCUT2D eigenvalue weighted by atomic mass is 32.2. The van der Waals surface area contributed by atoms with Gasteiger partial charge in [-0.25, -0.2) is 13.1 Å². The van der Waals surface area contributed by atoms with Gasteiger partial charge in [0.15, 0.2) is 0 Å². The van der Waals surface area contributed by atoms with Gasteiger partial charge in [0.25, 0.3) is 5.91 Å². The monoisotopic (exact) mass is 457 g/mol. The summed E-state index contributed by atoms with van der Waals surface area (Å²) in [6.07, 6.45) is 1.74. The Morgan fingerprint density at radius 2 is 1.88 bits per heavy atom. The van der Waals surface area contributed by atoms with Gasteiger partial charge in [-0.2, -0.15) is 0 Å². The molecule has 2 aromatic carbocycles. The summed E-state index contributed by atoms with van der Waals surface area (Å²) >= 11 is 0. The van der Waals surface area contributed by atoms with E-state index in [9.17, 15) is 13.2 Å². The molecule has 1 saturated heterocycles. The highest BCUT2D eigenvalue weighted by molar-refractivity contribution is 7.89. The van der Waals surface area contributed by atoms with Crippen LogP contribution in [-0.4, -0.2) is 46.9 Å². The molecule has 0 saturated carbocycles. The number of nitrogens with one attached hydrogen (secondary N) is 2. The van der Waals surface area contributed by atoms with E-state index in [0.29, 0.717) is 5.56 Å². The lowest BCUT2D eigenvalue weighted by molar-refractivity contribution is 0.0981. The normalized spacial score (nSPS) is 20.2. The molecule has 1 amide bonds. The van der Waals surface area contributed by atoms with Crippen molar-refractivity contribution in [2.24, 2.45) is 5.41 Å². The fraction of sp³-hybridized carbons (Fsp3) is 0.458. The molecule has 1 unspecified atom stereocenters. The third kappa shape index (κ3) is 4.91. The van der Waals surface area contributed by atoms with Gasteiger partial charge in [-0.1, -0.05) is 19.9 Å². The summed E-state index contributed by atoms with van der Waals surface area (Å²) in [5, 5.41) is 3.68. The van der Waals surface area contributed by atoms with Crippen LogP contribution in [0.5, 0.6) is 0 Å². The zero-order chi connectivity index (χ0) is 23.1. The fourth-order valence-corrected chi connectivity index (χ4v) is 5.14. The first-order valence-corrected chi connectivity index (χ1v) is 12.8. The van der Waals surface area contributed by atoms with Crippen LogP contribution >= 0.6 is 0 Å². The Morgan fingerprint density at radius 3 is 2.56 bits per heavy atom. The number of sulfonamides is 1. The van der Waals surface area contributed by atoms with Gasteiger partial charge >= 0.3 is 0 Å². The molecule has 32 heavy (non-hydrogen) atoms. The van der Waals surface area contributed by atoms with Gasteiger partial charge in [0.1, 0.15) is 0 Å². The maximum Gasteiger partial charge on any atom is 0.264 e. The number of benzene rings is 2. The molecule has 0 aliphatic carbocycles. The van der Waals surface area contributed by atoms with E-state index in [1.807, 2.05) is 10.8 Å². The number of aryl methyl sites for hydroxylation is 1. The number of amides is 1. The summed E-state index contributed by atoms with van der Waals surface area (Å²) in [7, 11) is -3.61. The molecule has 2 aliphatic heterocycles. The van der Waals surface area contributed by atoms with Crippen molar-refractivity contribution < 1.29 is 17.9 Å². The van der Waals surface area contributed by atoms with Crippen LogP contribution < -0.4 is 14.9 Å². The zero-order valence-corrected chi connectivity index (χ0v) is 19.9. The van der Waals surface area contributed by atoms with E-state index in [1.165, 1.54) is 16.8 Å². The Morgan fingerprint density at radius 1 is 1.16 bits per heavy atom. The van der Waals surface area contributed by atoms with E-state index in [1.54, 1.807) is 12.1 Å². The SMILES string of the molecule is Cc1cc(C2Nc3ccc(C(=O)NS(C)(=O)=O)cc3CC2(C)C)cc(N2CCOCC2)c1. The highest BCUT2D eigenvalue weighted by Crippen LogP contribution is 2.45.